The molecule has 0 aromatic rings. The molecule has 0 aliphatic heterocycles. The van der Waals surface area contributed by atoms with Crippen molar-refractivity contribution in [3.05, 3.63) is 0 Å². The summed E-state index contributed by atoms with van der Waals surface area (Å²) in [6, 6.07) is 2.40. The highest BCUT2D eigenvalue weighted by Crippen LogP contribution is 2.11. The smallest absolute Gasteiger partial charge is 0.0638 e. The summed E-state index contributed by atoms with van der Waals surface area (Å²) in [5, 5.41) is 20.7. The monoisotopic (exact) mass is 184 g/mol. The van der Waals surface area contributed by atoms with Crippen LogP contribution in [0.25, 0.3) is 0 Å². The van der Waals surface area contributed by atoms with Gasteiger partial charge in [-0.2, -0.15) is 5.26 Å². The lowest BCUT2D eigenvalue weighted by atomic mass is 9.98. The fourth-order valence-corrected chi connectivity index (χ4v) is 1.31. The number of aliphatic hydroxyl groups is 1. The Morgan fingerprint density at radius 2 is 2.15 bits per heavy atom. The minimum Gasteiger partial charge on any atom is -0.396 e. The van der Waals surface area contributed by atoms with E-state index in [4.69, 9.17) is 10.4 Å². The van der Waals surface area contributed by atoms with Crippen LogP contribution >= 0.6 is 0 Å². The first-order chi connectivity index (χ1) is 6.05. The fourth-order valence-electron chi connectivity index (χ4n) is 1.31. The number of hydrogen-bond donors (Lipinski definition) is 2. The Labute approximate surface area is 80.8 Å². The van der Waals surface area contributed by atoms with Crippen LogP contribution in [0.4, 0.5) is 0 Å². The fraction of sp³-hybridized carbons (Fsp3) is 0.900. The molecular weight excluding hydrogens is 164 g/mol. The summed E-state index contributed by atoms with van der Waals surface area (Å²) in [6.45, 7) is 6.33. The highest BCUT2D eigenvalue weighted by atomic mass is 16.3. The number of nitrogens with zero attached hydrogens (tertiary/aromatic N) is 1. The van der Waals surface area contributed by atoms with Gasteiger partial charge in [-0.25, -0.2) is 0 Å². The summed E-state index contributed by atoms with van der Waals surface area (Å²) in [5.41, 5.74) is -0.0771. The lowest BCUT2D eigenvalue weighted by molar-refractivity contribution is 0.217. The molecule has 1 atom stereocenters. The van der Waals surface area contributed by atoms with Crippen LogP contribution in [0.2, 0.25) is 0 Å². The quantitative estimate of drug-likeness (QED) is 0.656. The van der Waals surface area contributed by atoms with E-state index in [1.165, 1.54) is 0 Å². The van der Waals surface area contributed by atoms with Gasteiger partial charge in [0.2, 0.25) is 0 Å². The average molecular weight is 184 g/mol. The van der Waals surface area contributed by atoms with Crippen molar-refractivity contribution in [1.29, 1.82) is 5.26 Å². The molecule has 0 bridgehead atoms. The molecule has 0 saturated carbocycles. The van der Waals surface area contributed by atoms with Crippen LogP contribution in [0, 0.1) is 11.3 Å². The van der Waals surface area contributed by atoms with Gasteiger partial charge in [-0.3, -0.25) is 0 Å². The summed E-state index contributed by atoms with van der Waals surface area (Å²) in [5.74, 6) is 0. The zero-order valence-corrected chi connectivity index (χ0v) is 8.80. The normalized spacial score (nSPS) is 13.8. The van der Waals surface area contributed by atoms with Crippen LogP contribution in [0.5, 0.6) is 0 Å². The average Bonchev–Trinajstić information content (AvgIpc) is 2.03. The highest BCUT2D eigenvalue weighted by molar-refractivity contribution is 4.86. The molecule has 0 fully saturated rings. The number of rotatable bonds is 6. The molecule has 1 unspecified atom stereocenters. The van der Waals surface area contributed by atoms with E-state index < -0.39 is 0 Å². The van der Waals surface area contributed by atoms with Crippen LogP contribution in [0.3, 0.4) is 0 Å². The van der Waals surface area contributed by atoms with Gasteiger partial charge in [0.1, 0.15) is 0 Å². The molecule has 0 radical (unpaired) electrons. The predicted molar refractivity (Wildman–Crippen MR) is 53.2 cm³/mol. The Hall–Kier alpha value is -0.590. The van der Waals surface area contributed by atoms with Crippen molar-refractivity contribution >= 4 is 0 Å². The molecule has 0 aromatic heterocycles. The molecule has 76 valence electrons. The number of nitrogens with one attached hydrogen (secondary N) is 1. The van der Waals surface area contributed by atoms with Gasteiger partial charge >= 0.3 is 0 Å². The SMILES string of the molecule is CCC(CC#N)NC(C)(C)CCO. The van der Waals surface area contributed by atoms with E-state index in [-0.39, 0.29) is 18.2 Å². The van der Waals surface area contributed by atoms with Crippen molar-refractivity contribution in [3.63, 3.8) is 0 Å². The molecule has 0 saturated heterocycles. The van der Waals surface area contributed by atoms with Crippen LogP contribution in [-0.2, 0) is 0 Å². The van der Waals surface area contributed by atoms with Crippen molar-refractivity contribution in [1.82, 2.24) is 5.32 Å². The topological polar surface area (TPSA) is 56.0 Å². The first kappa shape index (κ1) is 12.4. The second kappa shape index (κ2) is 5.95. The standard InChI is InChI=1S/C10H20N2O/c1-4-9(5-7-11)12-10(2,3)6-8-13/h9,12-13H,4-6,8H2,1-3H3. The third-order valence-corrected chi connectivity index (χ3v) is 2.16. The molecule has 0 spiro atoms. The number of aliphatic hydroxyl groups excluding tert-OH is 1. The summed E-state index contributed by atoms with van der Waals surface area (Å²) in [7, 11) is 0. The Balaban J connectivity index is 3.98. The summed E-state index contributed by atoms with van der Waals surface area (Å²) in [4.78, 5) is 0. The first-order valence-corrected chi connectivity index (χ1v) is 4.81. The minimum atomic E-state index is -0.0771. The largest absolute Gasteiger partial charge is 0.396 e. The van der Waals surface area contributed by atoms with E-state index in [1.807, 2.05) is 13.8 Å². The van der Waals surface area contributed by atoms with E-state index in [1.54, 1.807) is 0 Å². The van der Waals surface area contributed by atoms with Crippen molar-refractivity contribution in [2.45, 2.75) is 51.6 Å². The zero-order valence-electron chi connectivity index (χ0n) is 8.80. The molecule has 2 N–H and O–H groups in total. The maximum Gasteiger partial charge on any atom is 0.0638 e. The van der Waals surface area contributed by atoms with Gasteiger partial charge in [-0.05, 0) is 26.7 Å². The van der Waals surface area contributed by atoms with Crippen molar-refractivity contribution in [2.24, 2.45) is 0 Å². The van der Waals surface area contributed by atoms with Crippen molar-refractivity contribution < 1.29 is 5.11 Å². The van der Waals surface area contributed by atoms with E-state index in [2.05, 4.69) is 18.3 Å². The maximum atomic E-state index is 8.81. The molecular formula is C10H20N2O. The summed E-state index contributed by atoms with van der Waals surface area (Å²) < 4.78 is 0. The highest BCUT2D eigenvalue weighted by Gasteiger charge is 2.20. The predicted octanol–water partition coefficient (Wildman–Crippen LogP) is 1.43. The third-order valence-electron chi connectivity index (χ3n) is 2.16. The minimum absolute atomic E-state index is 0.0771. The van der Waals surface area contributed by atoms with E-state index in [0.717, 1.165) is 12.8 Å². The van der Waals surface area contributed by atoms with Gasteiger partial charge < -0.3 is 10.4 Å². The maximum absolute atomic E-state index is 8.81. The molecule has 0 aliphatic carbocycles. The van der Waals surface area contributed by atoms with Gasteiger partial charge in [0.25, 0.3) is 0 Å². The van der Waals surface area contributed by atoms with Crippen LogP contribution in [0.15, 0.2) is 0 Å². The van der Waals surface area contributed by atoms with Crippen LogP contribution in [-0.4, -0.2) is 23.3 Å². The summed E-state index contributed by atoms with van der Waals surface area (Å²) in [6.07, 6.45) is 2.20. The summed E-state index contributed by atoms with van der Waals surface area (Å²) >= 11 is 0. The molecule has 0 rings (SSSR count). The van der Waals surface area contributed by atoms with Gasteiger partial charge in [-0.1, -0.05) is 6.92 Å². The van der Waals surface area contributed by atoms with Gasteiger partial charge in [0.15, 0.2) is 0 Å². The van der Waals surface area contributed by atoms with Crippen molar-refractivity contribution in [2.75, 3.05) is 6.61 Å². The molecule has 3 nitrogen and oxygen atoms in total. The first-order valence-electron chi connectivity index (χ1n) is 4.81. The molecule has 13 heavy (non-hydrogen) atoms. The van der Waals surface area contributed by atoms with Crippen molar-refractivity contribution in [3.8, 4) is 6.07 Å². The molecule has 0 amide bonds. The molecule has 0 aromatic carbocycles. The van der Waals surface area contributed by atoms with Gasteiger partial charge in [0.05, 0.1) is 12.5 Å². The second-order valence-electron chi connectivity index (χ2n) is 3.97. The van der Waals surface area contributed by atoms with Crippen LogP contribution < -0.4 is 5.32 Å². The lowest BCUT2D eigenvalue weighted by Gasteiger charge is -2.30. The van der Waals surface area contributed by atoms with Gasteiger partial charge in [0, 0.05) is 18.2 Å². The lowest BCUT2D eigenvalue weighted by Crippen LogP contribution is -2.46. The van der Waals surface area contributed by atoms with E-state index in [9.17, 15) is 0 Å². The van der Waals surface area contributed by atoms with E-state index in [0.29, 0.717) is 6.42 Å². The van der Waals surface area contributed by atoms with Crippen LogP contribution in [0.1, 0.15) is 40.0 Å². The Kier molecular flexibility index (Phi) is 5.68. The molecule has 0 aliphatic rings. The number of nitriles is 1. The Bertz CT molecular complexity index is 172. The molecule has 3 heteroatoms. The third kappa shape index (κ3) is 5.62. The van der Waals surface area contributed by atoms with Gasteiger partial charge in [-0.15, -0.1) is 0 Å². The molecule has 0 heterocycles. The second-order valence-corrected chi connectivity index (χ2v) is 3.97. The Morgan fingerprint density at radius 1 is 1.54 bits per heavy atom. The van der Waals surface area contributed by atoms with E-state index >= 15 is 0 Å². The Morgan fingerprint density at radius 3 is 2.54 bits per heavy atom. The zero-order chi connectivity index (χ0) is 10.3. The number of hydrogen-bond acceptors (Lipinski definition) is 3.